The monoisotopic (exact) mass is 748 g/mol. The van der Waals surface area contributed by atoms with Gasteiger partial charge in [0.1, 0.15) is 17.0 Å². The maximum absolute atomic E-state index is 14.6. The summed E-state index contributed by atoms with van der Waals surface area (Å²) in [4.78, 5) is 37.3. The summed E-state index contributed by atoms with van der Waals surface area (Å²) in [5, 5.41) is 7.13. The highest BCUT2D eigenvalue weighted by molar-refractivity contribution is 6.28. The molecule has 8 nitrogen and oxygen atoms in total. The first-order chi connectivity index (χ1) is 26.6. The summed E-state index contributed by atoms with van der Waals surface area (Å²) in [6.45, 7) is 20.9. The maximum Gasteiger partial charge on any atom is 0.221 e. The highest BCUT2D eigenvalue weighted by atomic mass is 16.5. The summed E-state index contributed by atoms with van der Waals surface area (Å²) >= 11 is 0. The van der Waals surface area contributed by atoms with Crippen molar-refractivity contribution >= 4 is 39.7 Å². The van der Waals surface area contributed by atoms with Crippen molar-refractivity contribution < 1.29 is 19.1 Å². The molecular formula is C48H52N4O4. The number of benzene rings is 5. The molecule has 1 aliphatic carbocycles. The lowest BCUT2D eigenvalue weighted by atomic mass is 9.72. The first-order valence-electron chi connectivity index (χ1n) is 19.2. The highest BCUT2D eigenvalue weighted by Gasteiger charge is 2.33. The first kappa shape index (κ1) is 39.7. The Bertz CT molecular complexity index is 2440. The van der Waals surface area contributed by atoms with Gasteiger partial charge in [0, 0.05) is 46.8 Å². The number of nitrogens with zero attached hydrogens (tertiary/aromatic N) is 2. The van der Waals surface area contributed by atoms with E-state index < -0.39 is 0 Å². The quantitative estimate of drug-likeness (QED) is 0.151. The Labute approximate surface area is 330 Å². The zero-order valence-corrected chi connectivity index (χ0v) is 34.4. The number of hydrogen-bond donors (Lipinski definition) is 2. The lowest BCUT2D eigenvalue weighted by Gasteiger charge is -2.33. The number of aryl methyl sites for hydroxylation is 2. The van der Waals surface area contributed by atoms with E-state index in [1.165, 1.54) is 12.5 Å². The van der Waals surface area contributed by atoms with Gasteiger partial charge in [-0.1, -0.05) is 103 Å². The normalized spacial score (nSPS) is 12.0. The van der Waals surface area contributed by atoms with Crippen LogP contribution in [0, 0.1) is 19.3 Å². The van der Waals surface area contributed by atoms with E-state index in [4.69, 9.17) is 19.4 Å². The average molecular weight is 749 g/mol. The van der Waals surface area contributed by atoms with Crippen molar-refractivity contribution in [2.75, 3.05) is 17.7 Å². The fourth-order valence-corrected chi connectivity index (χ4v) is 7.85. The first-order valence-corrected chi connectivity index (χ1v) is 19.2. The summed E-state index contributed by atoms with van der Waals surface area (Å²) < 4.78 is 12.3. The van der Waals surface area contributed by atoms with Crippen molar-refractivity contribution in [1.82, 2.24) is 9.97 Å². The molecule has 288 valence electrons. The largest absolute Gasteiger partial charge is 0.497 e. The lowest BCUT2D eigenvalue weighted by Crippen LogP contribution is -2.24. The molecule has 1 aromatic heterocycles. The van der Waals surface area contributed by atoms with Crippen LogP contribution in [0.2, 0.25) is 0 Å². The minimum absolute atomic E-state index is 0.0423. The number of aromatic nitrogens is 2. The average Bonchev–Trinajstić information content (AvgIpc) is 3.15. The van der Waals surface area contributed by atoms with Crippen LogP contribution >= 0.6 is 0 Å². The number of para-hydroxylation sites is 1. The van der Waals surface area contributed by atoms with Gasteiger partial charge in [-0.2, -0.15) is 0 Å². The number of fused-ring (bicyclic) bond motifs is 2. The van der Waals surface area contributed by atoms with Crippen molar-refractivity contribution in [3.8, 4) is 39.9 Å². The van der Waals surface area contributed by atoms with Gasteiger partial charge >= 0.3 is 0 Å². The predicted molar refractivity (Wildman–Crippen MR) is 229 cm³/mol. The third kappa shape index (κ3) is 7.87. The minimum atomic E-state index is -0.245. The van der Waals surface area contributed by atoms with Crippen LogP contribution in [0.5, 0.6) is 17.2 Å². The molecular weight excluding hydrogens is 697 g/mol. The molecule has 0 spiro atoms. The second-order valence-electron chi connectivity index (χ2n) is 16.0. The second-order valence-corrected chi connectivity index (χ2v) is 16.0. The molecule has 0 saturated heterocycles. The zero-order valence-electron chi connectivity index (χ0n) is 34.4. The van der Waals surface area contributed by atoms with Crippen LogP contribution < -0.4 is 20.1 Å². The van der Waals surface area contributed by atoms with E-state index >= 15 is 0 Å². The van der Waals surface area contributed by atoms with E-state index in [-0.39, 0.29) is 22.5 Å². The van der Waals surface area contributed by atoms with Crippen molar-refractivity contribution in [2.24, 2.45) is 5.41 Å². The number of ether oxygens (including phenoxy) is 2. The van der Waals surface area contributed by atoms with Crippen LogP contribution in [0.3, 0.4) is 0 Å². The molecule has 0 fully saturated rings. The van der Waals surface area contributed by atoms with Gasteiger partial charge in [-0.05, 0) is 72.1 Å². The Hall–Kier alpha value is -6.02. The van der Waals surface area contributed by atoms with Crippen LogP contribution in [0.25, 0.3) is 33.5 Å². The predicted octanol–water partition coefficient (Wildman–Crippen LogP) is 12.4. The smallest absolute Gasteiger partial charge is 0.221 e. The van der Waals surface area contributed by atoms with Crippen molar-refractivity contribution in [3.05, 3.63) is 119 Å². The van der Waals surface area contributed by atoms with Crippen LogP contribution in [-0.4, -0.2) is 28.8 Å². The van der Waals surface area contributed by atoms with Crippen molar-refractivity contribution in [1.29, 1.82) is 0 Å². The molecule has 56 heavy (non-hydrogen) atoms. The van der Waals surface area contributed by atoms with Crippen LogP contribution in [0.1, 0.15) is 94.4 Å². The fourth-order valence-electron chi connectivity index (χ4n) is 7.85. The summed E-state index contributed by atoms with van der Waals surface area (Å²) in [6, 6.07) is 29.1. The van der Waals surface area contributed by atoms with E-state index in [1.807, 2.05) is 94.4 Å². The molecule has 0 saturated carbocycles. The molecule has 2 N–H and O–H groups in total. The topological polar surface area (TPSA) is 102 Å². The number of amides is 1. The fraction of sp³-hybridized carbons (Fsp3) is 0.292. The molecule has 7 rings (SSSR count). The molecule has 0 bridgehead atoms. The van der Waals surface area contributed by atoms with E-state index in [1.54, 1.807) is 19.2 Å². The second kappa shape index (κ2) is 15.6. The van der Waals surface area contributed by atoms with Gasteiger partial charge < -0.3 is 20.1 Å². The summed E-state index contributed by atoms with van der Waals surface area (Å²) in [5.41, 5.74) is 8.79. The SMILES string of the molecule is CC.COc1ccc(-c2nc3c4c(c(Nc5c(C)cccc5C)cc(Oc5ccc(C(C)(C)CC(C)(C)C)cc5)c4n2)C(=O)c2ccccc2-3)c(NC(C)=O)c1. The van der Waals surface area contributed by atoms with Crippen molar-refractivity contribution in [3.63, 3.8) is 0 Å². The number of ketones is 1. The number of methoxy groups -OCH3 is 1. The van der Waals surface area contributed by atoms with Crippen LogP contribution in [0.4, 0.5) is 17.1 Å². The van der Waals surface area contributed by atoms with Crippen LogP contribution in [0.15, 0.2) is 91.0 Å². The molecule has 0 unspecified atom stereocenters. The van der Waals surface area contributed by atoms with Gasteiger partial charge in [-0.3, -0.25) is 9.59 Å². The Morgan fingerprint density at radius 2 is 1.39 bits per heavy atom. The number of carbonyl (C=O) groups is 2. The highest BCUT2D eigenvalue weighted by Crippen LogP contribution is 2.47. The van der Waals surface area contributed by atoms with E-state index in [0.29, 0.717) is 73.3 Å². The standard InChI is InChI=1S/C46H46N4O4.C2H6/c1-26-13-12-14-27(2)40(26)48-36-24-37(54-30-19-17-29(18-20-30)46(7,8)25-45(4,5)6)42-39-38(36)43(52)33-16-11-10-15-32(33)41(39)49-44(50-42)34-22-21-31(53-9)23-35(34)47-28(3)51;1-2/h10-24,48H,25H2,1-9H3,(H,47,51);1-2H3. The molecule has 1 amide bonds. The van der Waals surface area contributed by atoms with E-state index in [2.05, 4.69) is 57.4 Å². The molecule has 0 radical (unpaired) electrons. The molecule has 5 aromatic carbocycles. The number of carbonyl (C=O) groups excluding carboxylic acids is 2. The number of nitrogens with one attached hydrogen (secondary N) is 2. The lowest BCUT2D eigenvalue weighted by molar-refractivity contribution is -0.114. The molecule has 1 heterocycles. The summed E-state index contributed by atoms with van der Waals surface area (Å²) in [7, 11) is 1.57. The van der Waals surface area contributed by atoms with Gasteiger partial charge in [-0.25, -0.2) is 9.97 Å². The number of hydrogen-bond acceptors (Lipinski definition) is 7. The molecule has 1 aliphatic rings. The molecule has 0 aliphatic heterocycles. The van der Waals surface area contributed by atoms with Gasteiger partial charge in [0.25, 0.3) is 0 Å². The number of rotatable bonds is 9. The Kier molecular flexibility index (Phi) is 11.1. The van der Waals surface area contributed by atoms with Gasteiger partial charge in [0.05, 0.1) is 29.7 Å². The third-order valence-corrected chi connectivity index (χ3v) is 9.95. The van der Waals surface area contributed by atoms with Gasteiger partial charge in [0.15, 0.2) is 17.4 Å². The minimum Gasteiger partial charge on any atom is -0.497 e. The molecule has 0 atom stereocenters. The Morgan fingerprint density at radius 3 is 2.02 bits per heavy atom. The van der Waals surface area contributed by atoms with Gasteiger partial charge in [0.2, 0.25) is 5.91 Å². The molecule has 6 aromatic rings. The van der Waals surface area contributed by atoms with Crippen molar-refractivity contribution in [2.45, 2.75) is 81.1 Å². The third-order valence-electron chi connectivity index (χ3n) is 9.95. The van der Waals surface area contributed by atoms with E-state index in [0.717, 1.165) is 23.2 Å². The Morgan fingerprint density at radius 1 is 0.750 bits per heavy atom. The Balaban J connectivity index is 0.00000262. The molecule has 8 heteroatoms. The maximum atomic E-state index is 14.6. The van der Waals surface area contributed by atoms with Crippen LogP contribution in [-0.2, 0) is 10.2 Å². The van der Waals surface area contributed by atoms with Gasteiger partial charge in [-0.15, -0.1) is 0 Å². The van der Waals surface area contributed by atoms with E-state index in [9.17, 15) is 9.59 Å². The summed E-state index contributed by atoms with van der Waals surface area (Å²) in [6.07, 6.45) is 1.02. The summed E-state index contributed by atoms with van der Waals surface area (Å²) in [5.74, 6) is 1.64. The zero-order chi connectivity index (χ0) is 40.5. The number of anilines is 3.